The van der Waals surface area contributed by atoms with Crippen LogP contribution in [0.2, 0.25) is 0 Å². The molecule has 1 N–H and O–H groups in total. The largest absolute Gasteiger partial charge is 0.481 e. The number of nitro groups is 1. The lowest BCUT2D eigenvalue weighted by Crippen LogP contribution is -2.17. The third-order valence-corrected chi connectivity index (χ3v) is 17.5. The summed E-state index contributed by atoms with van der Waals surface area (Å²) in [4.78, 5) is 35.5. The molecule has 2 unspecified atom stereocenters. The summed E-state index contributed by atoms with van der Waals surface area (Å²) in [5.41, 5.74) is 0.894. The van der Waals surface area contributed by atoms with E-state index in [0.29, 0.717) is 6.61 Å². The van der Waals surface area contributed by atoms with Crippen LogP contribution in [0.4, 0.5) is 5.69 Å². The number of nitrogens with zero attached hydrogens (tertiary/aromatic N) is 1. The molecule has 0 saturated heterocycles. The first-order valence-electron chi connectivity index (χ1n) is 36.5. The van der Waals surface area contributed by atoms with Gasteiger partial charge in [-0.1, -0.05) is 393 Å². The Hall–Kier alpha value is -2.44. The number of carboxylic acid groups (broad SMARTS) is 1. The number of carbonyl (C=O) groups is 2. The molecule has 1 rings (SSSR count). The number of hydrogen-bond acceptors (Lipinski definition) is 5. The maximum Gasteiger partial charge on any atom is 0.313 e. The van der Waals surface area contributed by atoms with Gasteiger partial charge in [0, 0.05) is 12.1 Å². The molecule has 1 aromatic rings. The van der Waals surface area contributed by atoms with E-state index in [1.807, 2.05) is 0 Å². The summed E-state index contributed by atoms with van der Waals surface area (Å²) in [6, 6.07) is 6.49. The third-order valence-electron chi connectivity index (χ3n) is 17.5. The van der Waals surface area contributed by atoms with E-state index in [1.165, 1.54) is 333 Å². The molecule has 0 radical (unpaired) electrons. The molecular formula is C74H139NO6. The van der Waals surface area contributed by atoms with Gasteiger partial charge in [-0.05, 0) is 31.2 Å². The third kappa shape index (κ3) is 56.5. The predicted molar refractivity (Wildman–Crippen MR) is 353 cm³/mol. The average molecular weight is 1140 g/mol. The van der Waals surface area contributed by atoms with Crippen molar-refractivity contribution in [3.05, 3.63) is 39.9 Å². The van der Waals surface area contributed by atoms with E-state index in [0.717, 1.165) is 63.4 Å². The van der Waals surface area contributed by atoms with E-state index < -0.39 is 5.97 Å². The fourth-order valence-corrected chi connectivity index (χ4v) is 11.9. The zero-order valence-electron chi connectivity index (χ0n) is 54.8. The van der Waals surface area contributed by atoms with E-state index >= 15 is 0 Å². The number of ether oxygens (including phenoxy) is 1. The second-order valence-corrected chi connectivity index (χ2v) is 25.4. The van der Waals surface area contributed by atoms with Crippen molar-refractivity contribution in [2.24, 2.45) is 5.92 Å². The van der Waals surface area contributed by atoms with Gasteiger partial charge in [0.2, 0.25) is 0 Å². The summed E-state index contributed by atoms with van der Waals surface area (Å²) in [7, 11) is 0. The van der Waals surface area contributed by atoms with E-state index in [2.05, 4.69) is 27.7 Å². The first kappa shape index (κ1) is 78.6. The number of esters is 1. The van der Waals surface area contributed by atoms with Crippen LogP contribution in [0.15, 0.2) is 24.3 Å². The number of carbonyl (C=O) groups excluding carboxylic acids is 1. The lowest BCUT2D eigenvalue weighted by molar-refractivity contribution is -0.384. The van der Waals surface area contributed by atoms with Gasteiger partial charge in [0.05, 0.1) is 23.4 Å². The van der Waals surface area contributed by atoms with Crippen LogP contribution >= 0.6 is 0 Å². The first-order chi connectivity index (χ1) is 39.8. The molecule has 0 fully saturated rings. The van der Waals surface area contributed by atoms with Crippen LogP contribution < -0.4 is 0 Å². The van der Waals surface area contributed by atoms with Crippen molar-refractivity contribution in [3.8, 4) is 0 Å². The molecule has 2 atom stereocenters. The molecule has 0 aliphatic heterocycles. The van der Waals surface area contributed by atoms with Crippen molar-refractivity contribution in [3.63, 3.8) is 0 Å². The minimum Gasteiger partial charge on any atom is -0.481 e. The number of benzene rings is 1. The van der Waals surface area contributed by atoms with Crippen LogP contribution in [0.3, 0.4) is 0 Å². The number of nitro benzene ring substituents is 1. The summed E-state index contributed by atoms with van der Waals surface area (Å²) in [6.07, 6.45) is 77.2. The van der Waals surface area contributed by atoms with Gasteiger partial charge in [0.15, 0.2) is 0 Å². The van der Waals surface area contributed by atoms with Gasteiger partial charge < -0.3 is 9.84 Å². The molecule has 7 heteroatoms. The van der Waals surface area contributed by atoms with Gasteiger partial charge in [-0.3, -0.25) is 19.7 Å². The SMILES string of the molecule is CCCCCCCCCCCCCCCCCCC(C(=O)OCCCCCCCCCCCCCC)c1ccc([N+](=O)[O-])cc1.CCCCCCCCCCCCCCCCCCC(CCCCCCCCCCCCCC)C(=O)O. The van der Waals surface area contributed by atoms with Crippen LogP contribution in [0, 0.1) is 16.0 Å². The van der Waals surface area contributed by atoms with Gasteiger partial charge in [0.1, 0.15) is 0 Å². The minimum absolute atomic E-state index is 0.0600. The zero-order valence-corrected chi connectivity index (χ0v) is 54.8. The highest BCUT2D eigenvalue weighted by molar-refractivity contribution is 5.78. The quantitative estimate of drug-likeness (QED) is 0.0301. The van der Waals surface area contributed by atoms with Crippen molar-refractivity contribution in [1.29, 1.82) is 0 Å². The molecule has 0 aliphatic rings. The Morgan fingerprint density at radius 1 is 0.358 bits per heavy atom. The highest BCUT2D eigenvalue weighted by Crippen LogP contribution is 2.28. The van der Waals surface area contributed by atoms with E-state index in [1.54, 1.807) is 12.1 Å². The molecule has 0 bridgehead atoms. The molecule has 0 spiro atoms. The number of non-ortho nitro benzene ring substituents is 1. The predicted octanol–water partition coefficient (Wildman–Crippen LogP) is 26.0. The first-order valence-corrected chi connectivity index (χ1v) is 36.5. The summed E-state index contributed by atoms with van der Waals surface area (Å²) in [5.74, 6) is -1.17. The lowest BCUT2D eigenvalue weighted by atomic mass is 9.92. The Bertz CT molecular complexity index is 1430. The summed E-state index contributed by atoms with van der Waals surface area (Å²) in [5, 5.41) is 20.7. The van der Waals surface area contributed by atoms with Crippen LogP contribution in [0.1, 0.15) is 418 Å². The van der Waals surface area contributed by atoms with Gasteiger partial charge >= 0.3 is 11.9 Å². The maximum absolute atomic E-state index is 13.1. The molecule has 1 aromatic carbocycles. The van der Waals surface area contributed by atoms with E-state index in [9.17, 15) is 24.8 Å². The van der Waals surface area contributed by atoms with Crippen molar-refractivity contribution < 1.29 is 24.4 Å². The fourth-order valence-electron chi connectivity index (χ4n) is 11.9. The lowest BCUT2D eigenvalue weighted by Gasteiger charge is -2.16. The van der Waals surface area contributed by atoms with Gasteiger partial charge in [-0.2, -0.15) is 0 Å². The smallest absolute Gasteiger partial charge is 0.313 e. The summed E-state index contributed by atoms with van der Waals surface area (Å²) in [6.45, 7) is 9.58. The van der Waals surface area contributed by atoms with Crippen molar-refractivity contribution in [1.82, 2.24) is 0 Å². The van der Waals surface area contributed by atoms with Gasteiger partial charge in [0.25, 0.3) is 5.69 Å². The van der Waals surface area contributed by atoms with Crippen molar-refractivity contribution in [2.45, 2.75) is 412 Å². The van der Waals surface area contributed by atoms with E-state index in [4.69, 9.17) is 4.74 Å². The Kier molecular flexibility index (Phi) is 63.1. The highest BCUT2D eigenvalue weighted by atomic mass is 16.6. The van der Waals surface area contributed by atoms with Gasteiger partial charge in [-0.15, -0.1) is 0 Å². The van der Waals surface area contributed by atoms with Crippen LogP contribution in [-0.2, 0) is 14.3 Å². The maximum atomic E-state index is 13.1. The van der Waals surface area contributed by atoms with E-state index in [-0.39, 0.29) is 28.4 Å². The molecule has 81 heavy (non-hydrogen) atoms. The number of aliphatic carboxylic acids is 1. The Labute approximate surface area is 504 Å². The number of rotatable bonds is 64. The fraction of sp³-hybridized carbons (Fsp3) is 0.892. The van der Waals surface area contributed by atoms with Crippen LogP contribution in [0.5, 0.6) is 0 Å². The molecule has 0 saturated carbocycles. The summed E-state index contributed by atoms with van der Waals surface area (Å²) < 4.78 is 5.73. The summed E-state index contributed by atoms with van der Waals surface area (Å²) >= 11 is 0. The van der Waals surface area contributed by atoms with Crippen LogP contribution in [-0.4, -0.2) is 28.6 Å². The van der Waals surface area contributed by atoms with Crippen LogP contribution in [0.25, 0.3) is 0 Å². The second kappa shape index (κ2) is 65.1. The molecular weight excluding hydrogens is 999 g/mol. The monoisotopic (exact) mass is 1140 g/mol. The number of hydrogen-bond donors (Lipinski definition) is 1. The van der Waals surface area contributed by atoms with Crippen molar-refractivity contribution >= 4 is 17.6 Å². The molecule has 476 valence electrons. The molecule has 0 aliphatic carbocycles. The molecule has 0 heterocycles. The average Bonchev–Trinajstić information content (AvgIpc) is 3.48. The standard InChI is InChI=1S/C40H71NO4.C34H68O2/c1-3-5-7-9-11-13-15-17-18-19-20-21-23-25-27-29-31-39(37-32-34-38(35-33-37)41(43)44)40(42)45-36-30-28-26-24-22-16-14-12-10-8-6-4-2;1-3-5-7-9-11-13-15-17-18-19-20-22-24-26-28-30-32-33(34(35)36)31-29-27-25-23-21-16-14-12-10-8-6-4-2/h32-35,39H,3-31,36H2,1-2H3;33H,3-32H2,1-2H3,(H,35,36). The highest BCUT2D eigenvalue weighted by Gasteiger charge is 2.23. The number of unbranched alkanes of at least 4 members (excludes halogenated alkanes) is 52. The normalized spacial score (nSPS) is 12.1. The van der Waals surface area contributed by atoms with Crippen molar-refractivity contribution in [2.75, 3.05) is 6.61 Å². The Balaban J connectivity index is 0.00000162. The minimum atomic E-state index is -0.556. The molecule has 7 nitrogen and oxygen atoms in total. The number of carboxylic acids is 1. The zero-order chi connectivity index (χ0) is 59.0. The second-order valence-electron chi connectivity index (χ2n) is 25.4. The Morgan fingerprint density at radius 3 is 0.815 bits per heavy atom. The van der Waals surface area contributed by atoms with Gasteiger partial charge in [-0.25, -0.2) is 0 Å². The molecule has 0 amide bonds. The topological polar surface area (TPSA) is 107 Å². The molecule has 0 aromatic heterocycles. The Morgan fingerprint density at radius 2 is 0.580 bits per heavy atom.